The normalized spacial score (nSPS) is 14.2. The van der Waals surface area contributed by atoms with E-state index in [1.807, 2.05) is 20.8 Å². The highest BCUT2D eigenvalue weighted by Crippen LogP contribution is 2.34. The minimum Gasteiger partial charge on any atom is -0.383 e. The van der Waals surface area contributed by atoms with Gasteiger partial charge in [0.25, 0.3) is 0 Å². The van der Waals surface area contributed by atoms with E-state index in [0.717, 1.165) is 12.3 Å². The molecular weight excluding hydrogens is 217 g/mol. The lowest BCUT2D eigenvalue weighted by Gasteiger charge is -2.18. The third-order valence-electron chi connectivity index (χ3n) is 2.77. The van der Waals surface area contributed by atoms with E-state index in [4.69, 9.17) is 5.73 Å². The van der Waals surface area contributed by atoms with Gasteiger partial charge in [0, 0.05) is 6.20 Å². The van der Waals surface area contributed by atoms with Crippen molar-refractivity contribution >= 4 is 5.82 Å². The Hall–Kier alpha value is -1.26. The van der Waals surface area contributed by atoms with Crippen LogP contribution in [0.5, 0.6) is 0 Å². The number of anilines is 1. The lowest BCUT2D eigenvalue weighted by Crippen LogP contribution is -2.12. The molecule has 0 aliphatic heterocycles. The van der Waals surface area contributed by atoms with Crippen molar-refractivity contribution in [3.63, 3.8) is 0 Å². The van der Waals surface area contributed by atoms with Crippen molar-refractivity contribution in [3.05, 3.63) is 23.4 Å². The zero-order valence-corrected chi connectivity index (χ0v) is 9.47. The maximum absolute atomic E-state index is 12.5. The van der Waals surface area contributed by atoms with Crippen LogP contribution in [0.15, 0.2) is 12.3 Å². The average molecular weight is 232 g/mol. The van der Waals surface area contributed by atoms with Crippen molar-refractivity contribution in [2.45, 2.75) is 32.9 Å². The molecule has 90 valence electrons. The Balaban J connectivity index is 3.19. The molecule has 0 aliphatic carbocycles. The molecule has 0 spiro atoms. The summed E-state index contributed by atoms with van der Waals surface area (Å²) in [5, 5.41) is 0. The Morgan fingerprint density at radius 3 is 2.25 bits per heavy atom. The summed E-state index contributed by atoms with van der Waals surface area (Å²) < 4.78 is 37.4. The monoisotopic (exact) mass is 232 g/mol. The lowest BCUT2D eigenvalue weighted by molar-refractivity contribution is -0.137. The van der Waals surface area contributed by atoms with Crippen LogP contribution in [0, 0.1) is 5.92 Å². The van der Waals surface area contributed by atoms with Crippen LogP contribution in [0.3, 0.4) is 0 Å². The molecule has 1 atom stereocenters. The molecule has 2 nitrogen and oxygen atoms in total. The predicted octanol–water partition coefficient (Wildman–Crippen LogP) is 3.44. The molecule has 0 fully saturated rings. The van der Waals surface area contributed by atoms with E-state index in [9.17, 15) is 13.2 Å². The number of nitrogens with two attached hydrogens (primary N) is 1. The van der Waals surface area contributed by atoms with Crippen molar-refractivity contribution in [2.24, 2.45) is 5.92 Å². The van der Waals surface area contributed by atoms with Gasteiger partial charge in [0.15, 0.2) is 0 Å². The minimum absolute atomic E-state index is 0.0465. The van der Waals surface area contributed by atoms with Crippen LogP contribution < -0.4 is 5.73 Å². The summed E-state index contributed by atoms with van der Waals surface area (Å²) in [4.78, 5) is 3.61. The SMILES string of the molecule is CC(C)[C@H](C)c1cc(C(F)(F)F)cnc1N. The number of halogens is 3. The maximum atomic E-state index is 12.5. The number of alkyl halides is 3. The molecule has 0 radical (unpaired) electrons. The zero-order chi connectivity index (χ0) is 12.5. The molecule has 1 rings (SSSR count). The molecule has 0 bridgehead atoms. The van der Waals surface area contributed by atoms with Crippen molar-refractivity contribution in [2.75, 3.05) is 5.73 Å². The molecule has 2 N–H and O–H groups in total. The molecule has 1 aromatic rings. The van der Waals surface area contributed by atoms with Gasteiger partial charge in [-0.05, 0) is 23.5 Å². The zero-order valence-electron chi connectivity index (χ0n) is 9.47. The Kier molecular flexibility index (Phi) is 3.45. The second-order valence-corrected chi connectivity index (χ2v) is 4.23. The second kappa shape index (κ2) is 4.31. The van der Waals surface area contributed by atoms with E-state index in [0.29, 0.717) is 5.56 Å². The predicted molar refractivity (Wildman–Crippen MR) is 56.9 cm³/mol. The van der Waals surface area contributed by atoms with Gasteiger partial charge in [-0.15, -0.1) is 0 Å². The Bertz CT molecular complexity index is 372. The summed E-state index contributed by atoms with van der Waals surface area (Å²) in [7, 11) is 0. The second-order valence-electron chi connectivity index (χ2n) is 4.23. The number of aromatic nitrogens is 1. The van der Waals surface area contributed by atoms with Gasteiger partial charge in [0.2, 0.25) is 0 Å². The Morgan fingerprint density at radius 2 is 1.81 bits per heavy atom. The van der Waals surface area contributed by atoms with E-state index >= 15 is 0 Å². The summed E-state index contributed by atoms with van der Waals surface area (Å²) in [5.41, 5.74) is 5.31. The molecule has 0 unspecified atom stereocenters. The van der Waals surface area contributed by atoms with Crippen LogP contribution in [-0.2, 0) is 6.18 Å². The summed E-state index contributed by atoms with van der Waals surface area (Å²) in [6, 6.07) is 1.09. The Morgan fingerprint density at radius 1 is 1.25 bits per heavy atom. The first kappa shape index (κ1) is 12.8. The quantitative estimate of drug-likeness (QED) is 0.848. The number of pyridine rings is 1. The van der Waals surface area contributed by atoms with Gasteiger partial charge in [0.1, 0.15) is 5.82 Å². The van der Waals surface area contributed by atoms with Crippen LogP contribution in [-0.4, -0.2) is 4.98 Å². The summed E-state index contributed by atoms with van der Waals surface area (Å²) >= 11 is 0. The van der Waals surface area contributed by atoms with Crippen LogP contribution in [0.4, 0.5) is 19.0 Å². The third-order valence-corrected chi connectivity index (χ3v) is 2.77. The fourth-order valence-electron chi connectivity index (χ4n) is 1.37. The molecule has 1 aromatic heterocycles. The third kappa shape index (κ3) is 2.65. The maximum Gasteiger partial charge on any atom is 0.417 e. The first-order valence-electron chi connectivity index (χ1n) is 5.06. The van der Waals surface area contributed by atoms with Gasteiger partial charge in [-0.25, -0.2) is 4.98 Å². The standard InChI is InChI=1S/C11H15F3N2/c1-6(2)7(3)9-4-8(11(12,13)14)5-16-10(9)15/h4-7H,1-3H3,(H2,15,16)/t7-/m0/s1. The molecule has 0 aliphatic rings. The van der Waals surface area contributed by atoms with Crippen molar-refractivity contribution in [3.8, 4) is 0 Å². The van der Waals surface area contributed by atoms with Crippen LogP contribution in [0.25, 0.3) is 0 Å². The van der Waals surface area contributed by atoms with E-state index in [-0.39, 0.29) is 17.7 Å². The Labute approximate surface area is 92.7 Å². The highest BCUT2D eigenvalue weighted by atomic mass is 19.4. The number of nitrogen functional groups attached to an aromatic ring is 1. The van der Waals surface area contributed by atoms with Crippen molar-refractivity contribution in [1.29, 1.82) is 0 Å². The first-order valence-corrected chi connectivity index (χ1v) is 5.06. The fraction of sp³-hybridized carbons (Fsp3) is 0.545. The van der Waals surface area contributed by atoms with E-state index in [2.05, 4.69) is 4.98 Å². The number of hydrogen-bond donors (Lipinski definition) is 1. The van der Waals surface area contributed by atoms with E-state index < -0.39 is 11.7 Å². The molecule has 0 saturated heterocycles. The molecule has 5 heteroatoms. The smallest absolute Gasteiger partial charge is 0.383 e. The fourth-order valence-corrected chi connectivity index (χ4v) is 1.37. The lowest BCUT2D eigenvalue weighted by atomic mass is 9.90. The van der Waals surface area contributed by atoms with Crippen molar-refractivity contribution in [1.82, 2.24) is 4.98 Å². The number of nitrogens with zero attached hydrogens (tertiary/aromatic N) is 1. The molecule has 0 saturated carbocycles. The highest BCUT2D eigenvalue weighted by molar-refractivity contribution is 5.44. The van der Waals surface area contributed by atoms with E-state index in [1.54, 1.807) is 0 Å². The van der Waals surface area contributed by atoms with Crippen LogP contribution >= 0.6 is 0 Å². The van der Waals surface area contributed by atoms with Crippen LogP contribution in [0.1, 0.15) is 37.8 Å². The number of hydrogen-bond acceptors (Lipinski definition) is 2. The average Bonchev–Trinajstić information content (AvgIpc) is 2.15. The largest absolute Gasteiger partial charge is 0.417 e. The van der Waals surface area contributed by atoms with Gasteiger partial charge < -0.3 is 5.73 Å². The molecule has 0 amide bonds. The van der Waals surface area contributed by atoms with Gasteiger partial charge in [-0.1, -0.05) is 20.8 Å². The molecule has 0 aromatic carbocycles. The molecule has 16 heavy (non-hydrogen) atoms. The minimum atomic E-state index is -4.37. The van der Waals surface area contributed by atoms with E-state index in [1.165, 1.54) is 0 Å². The highest BCUT2D eigenvalue weighted by Gasteiger charge is 2.32. The summed E-state index contributed by atoms with van der Waals surface area (Å²) in [6.45, 7) is 5.72. The van der Waals surface area contributed by atoms with Crippen LogP contribution in [0.2, 0.25) is 0 Å². The van der Waals surface area contributed by atoms with Crippen molar-refractivity contribution < 1.29 is 13.2 Å². The van der Waals surface area contributed by atoms with Gasteiger partial charge in [0.05, 0.1) is 5.56 Å². The van der Waals surface area contributed by atoms with Gasteiger partial charge >= 0.3 is 6.18 Å². The first-order chi connectivity index (χ1) is 7.23. The van der Waals surface area contributed by atoms with Gasteiger partial charge in [-0.3, -0.25) is 0 Å². The summed E-state index contributed by atoms with van der Waals surface area (Å²) in [5.74, 6) is 0.344. The number of rotatable bonds is 2. The molecule has 1 heterocycles. The topological polar surface area (TPSA) is 38.9 Å². The summed E-state index contributed by atoms with van der Waals surface area (Å²) in [6.07, 6.45) is -3.60. The van der Waals surface area contributed by atoms with Gasteiger partial charge in [-0.2, -0.15) is 13.2 Å². The molecular formula is C11H15F3N2.